The van der Waals surface area contributed by atoms with Gasteiger partial charge in [-0.1, -0.05) is 23.9 Å². The van der Waals surface area contributed by atoms with Gasteiger partial charge in [-0.05, 0) is 44.2 Å². The van der Waals surface area contributed by atoms with E-state index in [9.17, 15) is 0 Å². The molecule has 0 amide bonds. The molecule has 3 rings (SSSR count). The summed E-state index contributed by atoms with van der Waals surface area (Å²) in [5.74, 6) is 0.835. The third-order valence-electron chi connectivity index (χ3n) is 4.21. The molecule has 1 aliphatic rings. The third kappa shape index (κ3) is 4.39. The SMILES string of the molecule is CC(C)(Oc1ccccc1Sc1ccc(N)c(N)c1)C1CNCCO1. The molecule has 134 valence electrons. The van der Waals surface area contributed by atoms with Gasteiger partial charge in [0.2, 0.25) is 0 Å². The van der Waals surface area contributed by atoms with Crippen molar-refractivity contribution in [2.45, 2.75) is 35.3 Å². The highest BCUT2D eigenvalue weighted by Crippen LogP contribution is 2.38. The van der Waals surface area contributed by atoms with E-state index in [0.717, 1.165) is 28.6 Å². The molecule has 1 fully saturated rings. The average molecular weight is 359 g/mol. The second kappa shape index (κ2) is 7.56. The lowest BCUT2D eigenvalue weighted by Gasteiger charge is -2.37. The predicted octanol–water partition coefficient (Wildman–Crippen LogP) is 3.15. The van der Waals surface area contributed by atoms with Gasteiger partial charge < -0.3 is 26.3 Å². The molecule has 5 nitrogen and oxygen atoms in total. The van der Waals surface area contributed by atoms with Crippen LogP contribution in [-0.4, -0.2) is 31.4 Å². The average Bonchev–Trinajstić information content (AvgIpc) is 2.60. The first kappa shape index (κ1) is 17.9. The molecule has 1 saturated heterocycles. The summed E-state index contributed by atoms with van der Waals surface area (Å²) in [6.45, 7) is 6.51. The van der Waals surface area contributed by atoms with Gasteiger partial charge in [0.05, 0.1) is 22.9 Å². The van der Waals surface area contributed by atoms with Crippen LogP contribution in [0.1, 0.15) is 13.8 Å². The molecule has 2 aromatic rings. The number of anilines is 2. The molecule has 0 spiro atoms. The van der Waals surface area contributed by atoms with E-state index >= 15 is 0 Å². The number of nitrogen functional groups attached to an aromatic ring is 2. The Balaban J connectivity index is 1.79. The molecule has 0 saturated carbocycles. The number of rotatable bonds is 5. The first-order valence-corrected chi connectivity index (χ1v) is 9.20. The molecule has 0 radical (unpaired) electrons. The zero-order chi connectivity index (χ0) is 17.9. The van der Waals surface area contributed by atoms with Gasteiger partial charge in [0.15, 0.2) is 0 Å². The molecular formula is C19H25N3O2S. The second-order valence-corrected chi connectivity index (χ2v) is 7.72. The number of benzene rings is 2. The summed E-state index contributed by atoms with van der Waals surface area (Å²) in [5.41, 5.74) is 12.5. The summed E-state index contributed by atoms with van der Waals surface area (Å²) in [5, 5.41) is 3.36. The number of ether oxygens (including phenoxy) is 2. The highest BCUT2D eigenvalue weighted by Gasteiger charge is 2.34. The summed E-state index contributed by atoms with van der Waals surface area (Å²) in [6, 6.07) is 13.7. The number of hydrogen-bond acceptors (Lipinski definition) is 6. The van der Waals surface area contributed by atoms with E-state index < -0.39 is 5.60 Å². The summed E-state index contributed by atoms with van der Waals surface area (Å²) >= 11 is 1.61. The molecule has 6 heteroatoms. The van der Waals surface area contributed by atoms with Crippen LogP contribution in [0.5, 0.6) is 5.75 Å². The lowest BCUT2D eigenvalue weighted by molar-refractivity contribution is -0.0863. The van der Waals surface area contributed by atoms with Crippen molar-refractivity contribution in [3.05, 3.63) is 42.5 Å². The highest BCUT2D eigenvalue weighted by atomic mass is 32.2. The fraction of sp³-hybridized carbons (Fsp3) is 0.368. The Morgan fingerprint density at radius 1 is 1.16 bits per heavy atom. The lowest BCUT2D eigenvalue weighted by Crippen LogP contribution is -2.53. The maximum absolute atomic E-state index is 6.36. The minimum Gasteiger partial charge on any atom is -0.484 e. The van der Waals surface area contributed by atoms with Crippen molar-refractivity contribution in [1.29, 1.82) is 0 Å². The zero-order valence-corrected chi connectivity index (χ0v) is 15.4. The molecule has 25 heavy (non-hydrogen) atoms. The van der Waals surface area contributed by atoms with Crippen LogP contribution >= 0.6 is 11.8 Å². The van der Waals surface area contributed by atoms with E-state index in [-0.39, 0.29) is 6.10 Å². The Bertz CT molecular complexity index is 730. The van der Waals surface area contributed by atoms with Crippen molar-refractivity contribution >= 4 is 23.1 Å². The van der Waals surface area contributed by atoms with Crippen LogP contribution in [0.15, 0.2) is 52.3 Å². The van der Waals surface area contributed by atoms with Crippen molar-refractivity contribution in [2.24, 2.45) is 0 Å². The summed E-state index contributed by atoms with van der Waals surface area (Å²) in [6.07, 6.45) is 0.00599. The van der Waals surface area contributed by atoms with E-state index in [2.05, 4.69) is 19.2 Å². The quantitative estimate of drug-likeness (QED) is 0.712. The molecule has 1 atom stereocenters. The minimum atomic E-state index is -0.440. The molecule has 2 aromatic carbocycles. The number of morpholine rings is 1. The van der Waals surface area contributed by atoms with Crippen molar-refractivity contribution in [3.8, 4) is 5.75 Å². The van der Waals surface area contributed by atoms with Gasteiger partial charge in [0.1, 0.15) is 17.5 Å². The monoisotopic (exact) mass is 359 g/mol. The number of nitrogens with two attached hydrogens (primary N) is 2. The molecule has 5 N–H and O–H groups in total. The Morgan fingerprint density at radius 2 is 1.96 bits per heavy atom. The largest absolute Gasteiger partial charge is 0.484 e. The van der Waals surface area contributed by atoms with Gasteiger partial charge in [-0.15, -0.1) is 0 Å². The zero-order valence-electron chi connectivity index (χ0n) is 14.6. The smallest absolute Gasteiger partial charge is 0.134 e. The topological polar surface area (TPSA) is 82.5 Å². The fourth-order valence-electron chi connectivity index (χ4n) is 2.72. The van der Waals surface area contributed by atoms with E-state index in [4.69, 9.17) is 20.9 Å². The van der Waals surface area contributed by atoms with Crippen LogP contribution in [0.25, 0.3) is 0 Å². The first-order valence-electron chi connectivity index (χ1n) is 8.39. The van der Waals surface area contributed by atoms with E-state index in [1.54, 1.807) is 11.8 Å². The first-order chi connectivity index (χ1) is 12.0. The van der Waals surface area contributed by atoms with Crippen LogP contribution in [0.4, 0.5) is 11.4 Å². The normalized spacial score (nSPS) is 18.1. The Labute approximate surface area is 153 Å². The Morgan fingerprint density at radius 3 is 2.68 bits per heavy atom. The molecule has 0 aromatic heterocycles. The third-order valence-corrected chi connectivity index (χ3v) is 5.26. The summed E-state index contributed by atoms with van der Waals surface area (Å²) < 4.78 is 12.2. The van der Waals surface area contributed by atoms with Crippen molar-refractivity contribution in [2.75, 3.05) is 31.2 Å². The van der Waals surface area contributed by atoms with E-state index in [1.165, 1.54) is 0 Å². The van der Waals surface area contributed by atoms with Crippen molar-refractivity contribution in [1.82, 2.24) is 5.32 Å². The standard InChI is InChI=1S/C19H25N3O2S/c1-19(2,18-12-22-9-10-23-18)24-16-5-3-4-6-17(16)25-13-7-8-14(20)15(21)11-13/h3-8,11,18,22H,9-10,12,20-21H2,1-2H3. The van der Waals surface area contributed by atoms with Gasteiger partial charge >= 0.3 is 0 Å². The number of para-hydroxylation sites is 1. The Hall–Kier alpha value is -1.89. The van der Waals surface area contributed by atoms with E-state index in [1.807, 2.05) is 42.5 Å². The molecule has 1 unspecified atom stereocenters. The predicted molar refractivity (Wildman–Crippen MR) is 103 cm³/mol. The van der Waals surface area contributed by atoms with E-state index in [0.29, 0.717) is 18.0 Å². The molecule has 1 aliphatic heterocycles. The number of nitrogens with one attached hydrogen (secondary N) is 1. The summed E-state index contributed by atoms with van der Waals surface area (Å²) in [7, 11) is 0. The van der Waals surface area contributed by atoms with Crippen LogP contribution in [0.3, 0.4) is 0 Å². The van der Waals surface area contributed by atoms with Gasteiger partial charge in [0, 0.05) is 18.0 Å². The Kier molecular flexibility index (Phi) is 5.42. The van der Waals surface area contributed by atoms with Crippen molar-refractivity contribution < 1.29 is 9.47 Å². The van der Waals surface area contributed by atoms with Gasteiger partial charge in [0.25, 0.3) is 0 Å². The molecule has 0 aliphatic carbocycles. The minimum absolute atomic E-state index is 0.00599. The lowest BCUT2D eigenvalue weighted by atomic mass is 10.0. The van der Waals surface area contributed by atoms with Gasteiger partial charge in [-0.3, -0.25) is 0 Å². The van der Waals surface area contributed by atoms with Crippen LogP contribution in [0.2, 0.25) is 0 Å². The number of hydrogen-bond donors (Lipinski definition) is 3. The molecule has 1 heterocycles. The molecule has 0 bridgehead atoms. The van der Waals surface area contributed by atoms with Gasteiger partial charge in [-0.25, -0.2) is 0 Å². The maximum Gasteiger partial charge on any atom is 0.134 e. The second-order valence-electron chi connectivity index (χ2n) is 6.61. The highest BCUT2D eigenvalue weighted by molar-refractivity contribution is 7.99. The maximum atomic E-state index is 6.36. The van der Waals surface area contributed by atoms with Crippen LogP contribution < -0.4 is 21.5 Å². The summed E-state index contributed by atoms with van der Waals surface area (Å²) in [4.78, 5) is 2.06. The van der Waals surface area contributed by atoms with Crippen LogP contribution in [0, 0.1) is 0 Å². The molecular weight excluding hydrogens is 334 g/mol. The van der Waals surface area contributed by atoms with Crippen LogP contribution in [-0.2, 0) is 4.74 Å². The van der Waals surface area contributed by atoms with Crippen molar-refractivity contribution in [3.63, 3.8) is 0 Å². The fourth-order valence-corrected chi connectivity index (χ4v) is 3.66. The van der Waals surface area contributed by atoms with Gasteiger partial charge in [-0.2, -0.15) is 0 Å².